The summed E-state index contributed by atoms with van der Waals surface area (Å²) in [6.45, 7) is 8.63. The summed E-state index contributed by atoms with van der Waals surface area (Å²) in [5, 5.41) is 6.48. The highest BCUT2D eigenvalue weighted by molar-refractivity contribution is 5.93. The van der Waals surface area contributed by atoms with Gasteiger partial charge in [-0.1, -0.05) is 45.2 Å². The zero-order valence-corrected chi connectivity index (χ0v) is 15.9. The minimum atomic E-state index is -0.230. The largest absolute Gasteiger partial charge is 0.360 e. The van der Waals surface area contributed by atoms with Gasteiger partial charge in [-0.2, -0.15) is 0 Å². The maximum Gasteiger partial charge on any atom is 0.245 e. The molecule has 1 fully saturated rings. The highest BCUT2D eigenvalue weighted by Crippen LogP contribution is 2.26. The third-order valence-corrected chi connectivity index (χ3v) is 4.47. The number of rotatable bonds is 6. The number of hydrogen-bond acceptors (Lipinski definition) is 4. The van der Waals surface area contributed by atoms with E-state index in [1.54, 1.807) is 17.9 Å². The molecule has 1 aliphatic carbocycles. The molecule has 0 atom stereocenters. The van der Waals surface area contributed by atoms with E-state index in [0.29, 0.717) is 30.5 Å². The highest BCUT2D eigenvalue weighted by Gasteiger charge is 2.26. The smallest absolute Gasteiger partial charge is 0.245 e. The quantitative estimate of drug-likeness (QED) is 0.848. The third-order valence-electron chi connectivity index (χ3n) is 4.47. The second-order valence-electron chi connectivity index (χ2n) is 8.39. The molecule has 0 aliphatic heterocycles. The predicted octanol–water partition coefficient (Wildman–Crippen LogP) is 3.77. The van der Waals surface area contributed by atoms with Crippen LogP contribution in [0.25, 0.3) is 0 Å². The number of hydrogen-bond donors (Lipinski definition) is 1. The summed E-state index contributed by atoms with van der Waals surface area (Å²) in [5.41, 5.74) is -0.0956. The van der Waals surface area contributed by atoms with E-state index in [2.05, 4.69) is 10.5 Å². The summed E-state index contributed by atoms with van der Waals surface area (Å²) in [5.74, 6) is 1.34. The van der Waals surface area contributed by atoms with Gasteiger partial charge in [-0.25, -0.2) is 0 Å². The zero-order chi connectivity index (χ0) is 18.4. The molecule has 0 unspecified atom stereocenters. The fraction of sp³-hybridized carbons (Fsp3) is 0.737. The Hall–Kier alpha value is -1.85. The number of carbonyl (C=O) groups is 2. The molecule has 1 aliphatic rings. The Kier molecular flexibility index (Phi) is 6.62. The SMILES string of the molecule is Cc1cc(NC(=O)CN(CC2CCCCC2)C(=O)CC(C)(C)C)no1. The fourth-order valence-corrected chi connectivity index (χ4v) is 3.28. The molecule has 2 amide bonds. The van der Waals surface area contributed by atoms with Gasteiger partial charge < -0.3 is 14.7 Å². The van der Waals surface area contributed by atoms with Crippen molar-refractivity contribution in [2.24, 2.45) is 11.3 Å². The Morgan fingerprint density at radius 2 is 1.96 bits per heavy atom. The van der Waals surface area contributed by atoms with Gasteiger partial charge >= 0.3 is 0 Å². The van der Waals surface area contributed by atoms with Crippen LogP contribution in [0.1, 0.15) is 65.1 Å². The molecule has 0 radical (unpaired) electrons. The van der Waals surface area contributed by atoms with Crippen LogP contribution in [0.4, 0.5) is 5.82 Å². The van der Waals surface area contributed by atoms with Gasteiger partial charge in [-0.15, -0.1) is 0 Å². The minimum absolute atomic E-state index is 0.0459. The van der Waals surface area contributed by atoms with E-state index in [-0.39, 0.29) is 23.8 Å². The van der Waals surface area contributed by atoms with Gasteiger partial charge in [0.25, 0.3) is 0 Å². The average molecular weight is 349 g/mol. The van der Waals surface area contributed by atoms with Gasteiger partial charge in [0.05, 0.1) is 6.54 Å². The van der Waals surface area contributed by atoms with Crippen LogP contribution < -0.4 is 5.32 Å². The van der Waals surface area contributed by atoms with Gasteiger partial charge in [0, 0.05) is 19.0 Å². The van der Waals surface area contributed by atoms with E-state index in [1.165, 1.54) is 19.3 Å². The van der Waals surface area contributed by atoms with Crippen molar-refractivity contribution in [3.05, 3.63) is 11.8 Å². The lowest BCUT2D eigenvalue weighted by Gasteiger charge is -2.31. The van der Waals surface area contributed by atoms with Crippen molar-refractivity contribution in [3.8, 4) is 0 Å². The number of anilines is 1. The first-order valence-corrected chi connectivity index (χ1v) is 9.24. The molecular formula is C19H31N3O3. The summed E-state index contributed by atoms with van der Waals surface area (Å²) in [7, 11) is 0. The number of nitrogens with one attached hydrogen (secondary N) is 1. The molecule has 1 saturated carbocycles. The third kappa shape index (κ3) is 6.88. The molecule has 25 heavy (non-hydrogen) atoms. The highest BCUT2D eigenvalue weighted by atomic mass is 16.5. The van der Waals surface area contributed by atoms with E-state index in [9.17, 15) is 9.59 Å². The van der Waals surface area contributed by atoms with Crippen molar-refractivity contribution < 1.29 is 14.1 Å². The number of nitrogens with zero attached hydrogens (tertiary/aromatic N) is 2. The van der Waals surface area contributed by atoms with Gasteiger partial charge in [0.15, 0.2) is 5.82 Å². The Morgan fingerprint density at radius 1 is 1.28 bits per heavy atom. The first-order valence-electron chi connectivity index (χ1n) is 9.24. The summed E-state index contributed by atoms with van der Waals surface area (Å²) in [6, 6.07) is 1.67. The Bertz CT molecular complexity index is 583. The normalized spacial score (nSPS) is 15.8. The molecule has 140 valence electrons. The number of amides is 2. The second-order valence-corrected chi connectivity index (χ2v) is 8.39. The Labute approximate surface area is 150 Å². The first-order chi connectivity index (χ1) is 11.7. The van der Waals surface area contributed by atoms with Gasteiger partial charge in [-0.3, -0.25) is 9.59 Å². The van der Waals surface area contributed by atoms with E-state index in [4.69, 9.17) is 4.52 Å². The van der Waals surface area contributed by atoms with E-state index in [1.807, 2.05) is 20.8 Å². The second kappa shape index (κ2) is 8.50. The van der Waals surface area contributed by atoms with Crippen LogP contribution in [0.5, 0.6) is 0 Å². The molecule has 0 bridgehead atoms. The van der Waals surface area contributed by atoms with E-state index >= 15 is 0 Å². The Balaban J connectivity index is 1.98. The van der Waals surface area contributed by atoms with Crippen LogP contribution in [-0.2, 0) is 9.59 Å². The molecular weight excluding hydrogens is 318 g/mol. The lowest BCUT2D eigenvalue weighted by molar-refractivity contribution is -0.137. The summed E-state index contributed by atoms with van der Waals surface area (Å²) in [4.78, 5) is 26.8. The van der Waals surface area contributed by atoms with Crippen molar-refractivity contribution in [2.75, 3.05) is 18.4 Å². The first kappa shape index (κ1) is 19.5. The monoisotopic (exact) mass is 349 g/mol. The maximum atomic E-state index is 12.7. The lowest BCUT2D eigenvalue weighted by Crippen LogP contribution is -2.42. The topological polar surface area (TPSA) is 75.4 Å². The molecule has 0 saturated heterocycles. The number of aromatic nitrogens is 1. The molecule has 6 nitrogen and oxygen atoms in total. The standard InChI is InChI=1S/C19H31N3O3/c1-14-10-16(21-25-14)20-17(23)13-22(18(24)11-19(2,3)4)12-15-8-6-5-7-9-15/h10,15H,5-9,11-13H2,1-4H3,(H,20,21,23). The van der Waals surface area contributed by atoms with Crippen LogP contribution in [0.3, 0.4) is 0 Å². The van der Waals surface area contributed by atoms with Gasteiger partial charge in [-0.05, 0) is 31.1 Å². The molecule has 2 rings (SSSR count). The van der Waals surface area contributed by atoms with Gasteiger partial charge in [0.2, 0.25) is 11.8 Å². The minimum Gasteiger partial charge on any atom is -0.360 e. The fourth-order valence-electron chi connectivity index (χ4n) is 3.28. The molecule has 1 heterocycles. The van der Waals surface area contributed by atoms with E-state index < -0.39 is 0 Å². The van der Waals surface area contributed by atoms with Crippen LogP contribution in [0, 0.1) is 18.3 Å². The summed E-state index contributed by atoms with van der Waals surface area (Å²) < 4.78 is 4.96. The molecule has 0 aromatic carbocycles. The molecule has 6 heteroatoms. The molecule has 1 N–H and O–H groups in total. The molecule has 0 spiro atoms. The molecule has 1 aromatic rings. The van der Waals surface area contributed by atoms with Crippen molar-refractivity contribution >= 4 is 17.6 Å². The van der Waals surface area contributed by atoms with Crippen LogP contribution in [-0.4, -0.2) is 35.0 Å². The van der Waals surface area contributed by atoms with Gasteiger partial charge in [0.1, 0.15) is 5.76 Å². The number of carbonyl (C=O) groups excluding carboxylic acids is 2. The summed E-state index contributed by atoms with van der Waals surface area (Å²) in [6.07, 6.45) is 6.44. The number of aryl methyl sites for hydroxylation is 1. The van der Waals surface area contributed by atoms with Crippen molar-refractivity contribution in [3.63, 3.8) is 0 Å². The lowest BCUT2D eigenvalue weighted by atomic mass is 9.88. The zero-order valence-electron chi connectivity index (χ0n) is 15.9. The maximum absolute atomic E-state index is 12.7. The average Bonchev–Trinajstić information content (AvgIpc) is 2.91. The van der Waals surface area contributed by atoms with Crippen molar-refractivity contribution in [1.29, 1.82) is 0 Å². The summed E-state index contributed by atoms with van der Waals surface area (Å²) >= 11 is 0. The predicted molar refractivity (Wildman–Crippen MR) is 97.1 cm³/mol. The Morgan fingerprint density at radius 3 is 2.52 bits per heavy atom. The van der Waals surface area contributed by atoms with Crippen LogP contribution in [0.2, 0.25) is 0 Å². The van der Waals surface area contributed by atoms with E-state index in [0.717, 1.165) is 12.8 Å². The van der Waals surface area contributed by atoms with Crippen molar-refractivity contribution in [2.45, 2.75) is 66.2 Å². The molecule has 1 aromatic heterocycles. The van der Waals surface area contributed by atoms with Crippen LogP contribution in [0.15, 0.2) is 10.6 Å². The van der Waals surface area contributed by atoms with Crippen molar-refractivity contribution in [1.82, 2.24) is 10.1 Å². The van der Waals surface area contributed by atoms with Crippen LogP contribution >= 0.6 is 0 Å².